The molecule has 1 saturated heterocycles. The molecular weight excluding hydrogens is 468 g/mol. The predicted octanol–water partition coefficient (Wildman–Crippen LogP) is 8.02. The van der Waals surface area contributed by atoms with Crippen molar-refractivity contribution < 1.29 is 4.74 Å². The Labute approximate surface area is 222 Å². The van der Waals surface area contributed by atoms with Crippen LogP contribution >= 0.6 is 0 Å². The third-order valence-electron chi connectivity index (χ3n) is 7.38. The van der Waals surface area contributed by atoms with E-state index in [4.69, 9.17) is 4.74 Å². The maximum absolute atomic E-state index is 6.25. The largest absolute Gasteiger partial charge is 0.439 e. The lowest BCUT2D eigenvalue weighted by molar-refractivity contribution is 0.462. The van der Waals surface area contributed by atoms with E-state index >= 15 is 0 Å². The molecular formula is C33H28N4O. The number of piperidine rings is 1. The lowest BCUT2D eigenvalue weighted by atomic mass is 10.0. The van der Waals surface area contributed by atoms with E-state index in [2.05, 4.69) is 92.2 Å². The minimum atomic E-state index is 0.621. The normalized spacial score (nSPS) is 13.7. The summed E-state index contributed by atoms with van der Waals surface area (Å²) in [6, 6.07) is 33.5. The average Bonchev–Trinajstić information content (AvgIpc) is 3.32. The minimum Gasteiger partial charge on any atom is -0.439 e. The van der Waals surface area contributed by atoms with Gasteiger partial charge in [0.2, 0.25) is 5.88 Å². The first kappa shape index (κ1) is 22.5. The second kappa shape index (κ2) is 9.67. The van der Waals surface area contributed by atoms with E-state index in [0.29, 0.717) is 5.88 Å². The zero-order valence-electron chi connectivity index (χ0n) is 21.1. The fourth-order valence-electron chi connectivity index (χ4n) is 5.55. The number of anilines is 1. The lowest BCUT2D eigenvalue weighted by Gasteiger charge is -2.28. The van der Waals surface area contributed by atoms with Crippen LogP contribution in [0.5, 0.6) is 11.6 Å². The van der Waals surface area contributed by atoms with Crippen LogP contribution in [0.2, 0.25) is 0 Å². The molecule has 5 nitrogen and oxygen atoms in total. The van der Waals surface area contributed by atoms with E-state index in [1.165, 1.54) is 35.7 Å². The average molecular weight is 497 g/mol. The highest BCUT2D eigenvalue weighted by Gasteiger charge is 2.15. The van der Waals surface area contributed by atoms with Crippen LogP contribution in [0.1, 0.15) is 19.3 Å². The number of fused-ring (bicyclic) bond motifs is 3. The van der Waals surface area contributed by atoms with E-state index < -0.39 is 0 Å². The Morgan fingerprint density at radius 1 is 0.605 bits per heavy atom. The molecule has 0 saturated carbocycles. The Balaban J connectivity index is 1.25. The first-order valence-corrected chi connectivity index (χ1v) is 13.3. The number of hydrogen-bond acceptors (Lipinski definition) is 4. The standard InChI is InChI=1S/C33H28N4O/c1-6-19-36(20-7-1)26-16-18-35-33(23-26)38-27-10-8-9-24(21-27)25-14-15-29-28-11-2-3-12-30(28)37(31(29)22-25)32-13-4-5-17-34-32/h2-5,8-18,21-23H,1,6-7,19-20H2. The molecule has 5 heteroatoms. The summed E-state index contributed by atoms with van der Waals surface area (Å²) in [6.45, 7) is 2.19. The van der Waals surface area contributed by atoms with Gasteiger partial charge in [0.1, 0.15) is 11.6 Å². The molecule has 0 amide bonds. The van der Waals surface area contributed by atoms with Gasteiger partial charge in [-0.15, -0.1) is 0 Å². The van der Waals surface area contributed by atoms with E-state index in [9.17, 15) is 0 Å². The molecule has 186 valence electrons. The predicted molar refractivity (Wildman–Crippen MR) is 154 cm³/mol. The quantitative estimate of drug-likeness (QED) is 0.242. The van der Waals surface area contributed by atoms with Crippen molar-refractivity contribution in [2.45, 2.75) is 19.3 Å². The van der Waals surface area contributed by atoms with Crippen molar-refractivity contribution in [1.29, 1.82) is 0 Å². The number of benzene rings is 3. The van der Waals surface area contributed by atoms with Crippen LogP contribution in [0.25, 0.3) is 38.8 Å². The van der Waals surface area contributed by atoms with Crippen molar-refractivity contribution in [3.05, 3.63) is 109 Å². The van der Waals surface area contributed by atoms with Crippen molar-refractivity contribution in [2.24, 2.45) is 0 Å². The number of aromatic nitrogens is 3. The first-order chi connectivity index (χ1) is 18.8. The highest BCUT2D eigenvalue weighted by atomic mass is 16.5. The minimum absolute atomic E-state index is 0.621. The van der Waals surface area contributed by atoms with Crippen molar-refractivity contribution in [1.82, 2.24) is 14.5 Å². The van der Waals surface area contributed by atoms with Gasteiger partial charge in [-0.05, 0) is 72.9 Å². The molecule has 0 radical (unpaired) electrons. The fraction of sp³-hybridized carbons (Fsp3) is 0.152. The summed E-state index contributed by atoms with van der Waals surface area (Å²) in [4.78, 5) is 11.6. The Morgan fingerprint density at radius 2 is 1.45 bits per heavy atom. The van der Waals surface area contributed by atoms with Crippen LogP contribution in [0.4, 0.5) is 5.69 Å². The van der Waals surface area contributed by atoms with E-state index in [0.717, 1.165) is 46.8 Å². The van der Waals surface area contributed by atoms with Gasteiger partial charge in [-0.2, -0.15) is 0 Å². The Hall–Kier alpha value is -4.64. The first-order valence-electron chi connectivity index (χ1n) is 13.3. The van der Waals surface area contributed by atoms with E-state index in [1.54, 1.807) is 0 Å². The van der Waals surface area contributed by atoms with Gasteiger partial charge in [0.25, 0.3) is 0 Å². The number of rotatable bonds is 5. The molecule has 0 N–H and O–H groups in total. The summed E-state index contributed by atoms with van der Waals surface area (Å²) in [6.07, 6.45) is 7.48. The highest BCUT2D eigenvalue weighted by molar-refractivity contribution is 6.10. The number of ether oxygens (including phenoxy) is 1. The van der Waals surface area contributed by atoms with Gasteiger partial charge >= 0.3 is 0 Å². The van der Waals surface area contributed by atoms with Gasteiger partial charge < -0.3 is 9.64 Å². The molecule has 7 rings (SSSR count). The van der Waals surface area contributed by atoms with E-state index in [1.807, 2.05) is 36.7 Å². The van der Waals surface area contributed by atoms with Gasteiger partial charge in [-0.3, -0.25) is 4.57 Å². The zero-order chi connectivity index (χ0) is 25.3. The Bertz CT molecular complexity index is 1740. The summed E-state index contributed by atoms with van der Waals surface area (Å²) in [7, 11) is 0. The molecule has 0 spiro atoms. The van der Waals surface area contributed by atoms with Crippen LogP contribution in [-0.4, -0.2) is 27.6 Å². The highest BCUT2D eigenvalue weighted by Crippen LogP contribution is 2.35. The molecule has 0 atom stereocenters. The van der Waals surface area contributed by atoms with Crippen molar-refractivity contribution in [3.8, 4) is 28.6 Å². The van der Waals surface area contributed by atoms with Crippen molar-refractivity contribution in [3.63, 3.8) is 0 Å². The second-order valence-electron chi connectivity index (χ2n) is 9.80. The molecule has 3 aromatic heterocycles. The van der Waals surface area contributed by atoms with Crippen LogP contribution < -0.4 is 9.64 Å². The fourth-order valence-corrected chi connectivity index (χ4v) is 5.55. The third-order valence-corrected chi connectivity index (χ3v) is 7.38. The number of hydrogen-bond donors (Lipinski definition) is 0. The molecule has 6 aromatic rings. The van der Waals surface area contributed by atoms with Crippen molar-refractivity contribution in [2.75, 3.05) is 18.0 Å². The third kappa shape index (κ3) is 4.16. The van der Waals surface area contributed by atoms with Crippen LogP contribution in [-0.2, 0) is 0 Å². The summed E-state index contributed by atoms with van der Waals surface area (Å²) < 4.78 is 8.49. The van der Waals surface area contributed by atoms with Gasteiger partial charge in [0.15, 0.2) is 0 Å². The molecule has 0 unspecified atom stereocenters. The van der Waals surface area contributed by atoms with Crippen LogP contribution in [0.3, 0.4) is 0 Å². The molecule has 1 fully saturated rings. The van der Waals surface area contributed by atoms with Crippen molar-refractivity contribution >= 4 is 27.5 Å². The maximum Gasteiger partial charge on any atom is 0.221 e. The zero-order valence-corrected chi connectivity index (χ0v) is 21.1. The molecule has 0 aliphatic carbocycles. The smallest absolute Gasteiger partial charge is 0.221 e. The van der Waals surface area contributed by atoms with Gasteiger partial charge in [-0.25, -0.2) is 9.97 Å². The van der Waals surface area contributed by atoms with Gasteiger partial charge in [0, 0.05) is 48.0 Å². The summed E-state index contributed by atoms with van der Waals surface area (Å²) in [5.41, 5.74) is 5.67. The number of nitrogens with zero attached hydrogens (tertiary/aromatic N) is 4. The molecule has 4 heterocycles. The second-order valence-corrected chi connectivity index (χ2v) is 9.80. The molecule has 3 aromatic carbocycles. The van der Waals surface area contributed by atoms with E-state index in [-0.39, 0.29) is 0 Å². The topological polar surface area (TPSA) is 43.2 Å². The lowest BCUT2D eigenvalue weighted by Crippen LogP contribution is -2.29. The number of pyridine rings is 2. The molecule has 1 aliphatic rings. The molecule has 0 bridgehead atoms. The number of para-hydroxylation sites is 1. The SMILES string of the molecule is c1ccc(-n2c3ccccc3c3ccc(-c4cccc(Oc5cc(N6CCCCC6)ccn5)c4)cc32)nc1. The summed E-state index contributed by atoms with van der Waals surface area (Å²) >= 11 is 0. The van der Waals surface area contributed by atoms with Gasteiger partial charge in [-0.1, -0.05) is 48.5 Å². The Morgan fingerprint density at radius 3 is 2.34 bits per heavy atom. The molecule has 38 heavy (non-hydrogen) atoms. The van der Waals surface area contributed by atoms with Gasteiger partial charge in [0.05, 0.1) is 11.0 Å². The summed E-state index contributed by atoms with van der Waals surface area (Å²) in [5, 5.41) is 2.43. The maximum atomic E-state index is 6.25. The van der Waals surface area contributed by atoms with Crippen LogP contribution in [0, 0.1) is 0 Å². The monoisotopic (exact) mass is 496 g/mol. The summed E-state index contributed by atoms with van der Waals surface area (Å²) in [5.74, 6) is 2.31. The Kier molecular flexibility index (Phi) is 5.74. The molecule has 1 aliphatic heterocycles. The van der Waals surface area contributed by atoms with Crippen LogP contribution in [0.15, 0.2) is 109 Å².